The minimum Gasteiger partial charge on any atom is -0.495 e. The number of nitrogens with one attached hydrogen (secondary N) is 1. The molecule has 0 radical (unpaired) electrons. The standard InChI is InChI=1S/C23H23ClN2O4S/c1-3-26(19-7-5-4-6-8-19)31(28,29)20-13-14-22(30-2)21(16-20)25-23(27)15-17-9-11-18(24)12-10-17/h4-14,16H,3,15H2,1-2H3,(H,25,27). The van der Waals surface area contributed by atoms with Crippen molar-refractivity contribution in [2.75, 3.05) is 23.3 Å². The maximum Gasteiger partial charge on any atom is 0.264 e. The molecule has 0 aliphatic rings. The van der Waals surface area contributed by atoms with E-state index in [1.54, 1.807) is 55.5 Å². The van der Waals surface area contributed by atoms with E-state index in [4.69, 9.17) is 16.3 Å². The summed E-state index contributed by atoms with van der Waals surface area (Å²) in [6, 6.07) is 20.2. The number of nitrogens with zero attached hydrogens (tertiary/aromatic N) is 1. The smallest absolute Gasteiger partial charge is 0.264 e. The highest BCUT2D eigenvalue weighted by Crippen LogP contribution is 2.31. The Labute approximate surface area is 187 Å². The van der Waals surface area contributed by atoms with E-state index in [0.29, 0.717) is 16.5 Å². The molecule has 1 N–H and O–H groups in total. The molecule has 0 aliphatic carbocycles. The average molecular weight is 459 g/mol. The summed E-state index contributed by atoms with van der Waals surface area (Å²) in [5.41, 5.74) is 1.63. The number of sulfonamides is 1. The second-order valence-electron chi connectivity index (χ2n) is 6.72. The first-order valence-corrected chi connectivity index (χ1v) is 11.5. The molecule has 0 unspecified atom stereocenters. The number of rotatable bonds is 8. The van der Waals surface area contributed by atoms with Gasteiger partial charge in [0.25, 0.3) is 10.0 Å². The van der Waals surface area contributed by atoms with Crippen LogP contribution in [0.4, 0.5) is 11.4 Å². The van der Waals surface area contributed by atoms with Gasteiger partial charge in [-0.05, 0) is 55.0 Å². The van der Waals surface area contributed by atoms with Crippen LogP contribution in [0.5, 0.6) is 5.75 Å². The Morgan fingerprint density at radius 2 is 1.71 bits per heavy atom. The van der Waals surface area contributed by atoms with Gasteiger partial charge < -0.3 is 10.1 Å². The van der Waals surface area contributed by atoms with E-state index in [9.17, 15) is 13.2 Å². The van der Waals surface area contributed by atoms with Crippen molar-refractivity contribution in [1.29, 1.82) is 0 Å². The number of ether oxygens (including phenoxy) is 1. The van der Waals surface area contributed by atoms with Gasteiger partial charge in [-0.2, -0.15) is 0 Å². The molecular weight excluding hydrogens is 436 g/mol. The summed E-state index contributed by atoms with van der Waals surface area (Å²) in [7, 11) is -2.38. The zero-order valence-corrected chi connectivity index (χ0v) is 18.8. The molecule has 0 aromatic heterocycles. The number of hydrogen-bond acceptors (Lipinski definition) is 4. The predicted octanol–water partition coefficient (Wildman–Crippen LogP) is 4.75. The van der Waals surface area contributed by atoms with Gasteiger partial charge in [-0.1, -0.05) is 41.9 Å². The van der Waals surface area contributed by atoms with Crippen molar-refractivity contribution in [3.05, 3.63) is 83.4 Å². The number of anilines is 2. The molecule has 162 valence electrons. The van der Waals surface area contributed by atoms with Gasteiger partial charge in [0.15, 0.2) is 0 Å². The molecule has 3 rings (SSSR count). The Hall–Kier alpha value is -3.03. The van der Waals surface area contributed by atoms with Crippen LogP contribution in [0.2, 0.25) is 5.02 Å². The number of hydrogen-bond donors (Lipinski definition) is 1. The highest BCUT2D eigenvalue weighted by Gasteiger charge is 2.25. The van der Waals surface area contributed by atoms with Crippen molar-refractivity contribution in [3.8, 4) is 5.75 Å². The fraction of sp³-hybridized carbons (Fsp3) is 0.174. The lowest BCUT2D eigenvalue weighted by Crippen LogP contribution is -2.30. The van der Waals surface area contributed by atoms with E-state index in [-0.39, 0.29) is 29.5 Å². The van der Waals surface area contributed by atoms with Crippen LogP contribution < -0.4 is 14.4 Å². The van der Waals surface area contributed by atoms with Gasteiger partial charge in [-0.15, -0.1) is 0 Å². The molecule has 1 amide bonds. The van der Waals surface area contributed by atoms with Gasteiger partial charge in [0.2, 0.25) is 5.91 Å². The predicted molar refractivity (Wildman–Crippen MR) is 123 cm³/mol. The number of halogens is 1. The molecule has 0 heterocycles. The fourth-order valence-electron chi connectivity index (χ4n) is 3.14. The van der Waals surface area contributed by atoms with Crippen LogP contribution in [-0.4, -0.2) is 28.0 Å². The number of amides is 1. The van der Waals surface area contributed by atoms with E-state index in [2.05, 4.69) is 5.32 Å². The van der Waals surface area contributed by atoms with E-state index in [1.807, 2.05) is 6.07 Å². The molecule has 8 heteroatoms. The minimum absolute atomic E-state index is 0.0563. The molecule has 0 bridgehead atoms. The molecule has 31 heavy (non-hydrogen) atoms. The second kappa shape index (κ2) is 9.85. The van der Waals surface area contributed by atoms with Crippen molar-refractivity contribution in [1.82, 2.24) is 0 Å². The van der Waals surface area contributed by atoms with Crippen LogP contribution in [0.15, 0.2) is 77.7 Å². The molecule has 0 atom stereocenters. The number of benzene rings is 3. The normalized spacial score (nSPS) is 11.1. The summed E-state index contributed by atoms with van der Waals surface area (Å²) < 4.78 is 33.2. The van der Waals surface area contributed by atoms with E-state index < -0.39 is 10.0 Å². The van der Waals surface area contributed by atoms with Crippen molar-refractivity contribution in [2.24, 2.45) is 0 Å². The Morgan fingerprint density at radius 1 is 1.03 bits per heavy atom. The highest BCUT2D eigenvalue weighted by atomic mass is 35.5. The summed E-state index contributed by atoms with van der Waals surface area (Å²) >= 11 is 5.88. The Bertz CT molecular complexity index is 1150. The zero-order valence-electron chi connectivity index (χ0n) is 17.2. The van der Waals surface area contributed by atoms with Gasteiger partial charge in [0.05, 0.1) is 29.8 Å². The Balaban J connectivity index is 1.88. The highest BCUT2D eigenvalue weighted by molar-refractivity contribution is 7.92. The molecule has 0 aliphatic heterocycles. The van der Waals surface area contributed by atoms with Gasteiger partial charge in [0.1, 0.15) is 5.75 Å². The van der Waals surface area contributed by atoms with Crippen molar-refractivity contribution < 1.29 is 17.9 Å². The molecule has 0 spiro atoms. The molecular formula is C23H23ClN2O4S. The van der Waals surface area contributed by atoms with Gasteiger partial charge in [-0.3, -0.25) is 9.10 Å². The van der Waals surface area contributed by atoms with Crippen LogP contribution in [0.25, 0.3) is 0 Å². The van der Waals surface area contributed by atoms with E-state index >= 15 is 0 Å². The van der Waals surface area contributed by atoms with Crippen molar-refractivity contribution >= 4 is 38.9 Å². The Kier molecular flexibility index (Phi) is 7.20. The monoisotopic (exact) mass is 458 g/mol. The number of para-hydroxylation sites is 1. The average Bonchev–Trinajstić information content (AvgIpc) is 2.76. The summed E-state index contributed by atoms with van der Waals surface area (Å²) in [5.74, 6) is 0.0664. The van der Waals surface area contributed by atoms with E-state index in [1.165, 1.54) is 29.6 Å². The lowest BCUT2D eigenvalue weighted by molar-refractivity contribution is -0.115. The molecule has 0 saturated carbocycles. The van der Waals surface area contributed by atoms with Crippen LogP contribution in [-0.2, 0) is 21.2 Å². The first-order valence-electron chi connectivity index (χ1n) is 9.65. The largest absolute Gasteiger partial charge is 0.495 e. The topological polar surface area (TPSA) is 75.7 Å². The Morgan fingerprint density at radius 3 is 2.32 bits per heavy atom. The minimum atomic E-state index is -3.84. The third-order valence-electron chi connectivity index (χ3n) is 4.64. The number of carbonyl (C=O) groups excluding carboxylic acids is 1. The zero-order chi connectivity index (χ0) is 22.4. The SMILES string of the molecule is CCN(c1ccccc1)S(=O)(=O)c1ccc(OC)c(NC(=O)Cc2ccc(Cl)cc2)c1. The lowest BCUT2D eigenvalue weighted by Gasteiger charge is -2.23. The first-order chi connectivity index (χ1) is 14.8. The molecule has 3 aromatic carbocycles. The van der Waals surface area contributed by atoms with Crippen LogP contribution in [0, 0.1) is 0 Å². The number of methoxy groups -OCH3 is 1. The second-order valence-corrected chi connectivity index (χ2v) is 9.02. The maximum atomic E-state index is 13.3. The van der Waals surface area contributed by atoms with Gasteiger partial charge in [0, 0.05) is 11.6 Å². The van der Waals surface area contributed by atoms with E-state index in [0.717, 1.165) is 5.56 Å². The third-order valence-corrected chi connectivity index (χ3v) is 6.79. The summed E-state index contributed by atoms with van der Waals surface area (Å²) in [6.07, 6.45) is 0.113. The summed E-state index contributed by atoms with van der Waals surface area (Å²) in [4.78, 5) is 12.6. The quantitative estimate of drug-likeness (QED) is 0.528. The summed E-state index contributed by atoms with van der Waals surface area (Å²) in [5, 5.41) is 3.34. The first kappa shape index (κ1) is 22.7. The molecule has 3 aromatic rings. The maximum absolute atomic E-state index is 13.3. The third kappa shape index (κ3) is 5.37. The van der Waals surface area contributed by atoms with Crippen LogP contribution >= 0.6 is 11.6 Å². The van der Waals surface area contributed by atoms with Crippen LogP contribution in [0.1, 0.15) is 12.5 Å². The van der Waals surface area contributed by atoms with Gasteiger partial charge in [-0.25, -0.2) is 8.42 Å². The molecule has 6 nitrogen and oxygen atoms in total. The van der Waals surface area contributed by atoms with Crippen molar-refractivity contribution in [2.45, 2.75) is 18.2 Å². The molecule has 0 saturated heterocycles. The fourth-order valence-corrected chi connectivity index (χ4v) is 4.77. The molecule has 0 fully saturated rings. The number of carbonyl (C=O) groups is 1. The summed E-state index contributed by atoms with van der Waals surface area (Å²) in [6.45, 7) is 2.03. The lowest BCUT2D eigenvalue weighted by atomic mass is 10.1. The van der Waals surface area contributed by atoms with Gasteiger partial charge >= 0.3 is 0 Å². The van der Waals surface area contributed by atoms with Crippen LogP contribution in [0.3, 0.4) is 0 Å². The van der Waals surface area contributed by atoms with Crippen molar-refractivity contribution in [3.63, 3.8) is 0 Å².